The number of nitrogens with zero attached hydrogens (tertiary/aromatic N) is 1. The predicted octanol–water partition coefficient (Wildman–Crippen LogP) is 3.31. The Morgan fingerprint density at radius 3 is 2.42 bits per heavy atom. The van der Waals surface area contributed by atoms with Crippen molar-refractivity contribution in [3.05, 3.63) is 35.9 Å². The molecule has 0 radical (unpaired) electrons. The first kappa shape index (κ1) is 30.9. The standard InChI is InChI=1S/C27H41N3O8/c1-6-10-19(15-28-23(31)17-36-5)13-21-20(29-25(34)37-16-18-11-8-7-9-12-18)14-22(24(32)33)30(21)26(35)38-27(2,3)4/h7-9,11-12,19-22H,6,10,13-17H2,1-5H3,(H,28,31)(H,29,34)(H,32,33). The van der Waals surface area contributed by atoms with Crippen molar-refractivity contribution in [2.45, 2.75) is 83.7 Å². The fourth-order valence-electron chi connectivity index (χ4n) is 4.58. The highest BCUT2D eigenvalue weighted by Crippen LogP contribution is 2.32. The van der Waals surface area contributed by atoms with Crippen molar-refractivity contribution in [2.75, 3.05) is 20.3 Å². The van der Waals surface area contributed by atoms with E-state index >= 15 is 0 Å². The second-order valence-corrected chi connectivity index (χ2v) is 10.5. The molecule has 1 fully saturated rings. The molecule has 0 aliphatic carbocycles. The maximum absolute atomic E-state index is 13.2. The molecule has 0 saturated carbocycles. The van der Waals surface area contributed by atoms with Crippen LogP contribution in [-0.2, 0) is 30.4 Å². The minimum absolute atomic E-state index is 0.00540. The summed E-state index contributed by atoms with van der Waals surface area (Å²) in [4.78, 5) is 51.3. The number of carbonyl (C=O) groups excluding carboxylic acids is 3. The number of hydrogen-bond acceptors (Lipinski definition) is 7. The molecule has 0 aromatic heterocycles. The summed E-state index contributed by atoms with van der Waals surface area (Å²) in [6, 6.07) is 6.59. The van der Waals surface area contributed by atoms with E-state index in [9.17, 15) is 24.3 Å². The van der Waals surface area contributed by atoms with Gasteiger partial charge in [-0.2, -0.15) is 0 Å². The fraction of sp³-hybridized carbons (Fsp3) is 0.630. The third-order valence-corrected chi connectivity index (χ3v) is 6.18. The first-order valence-electron chi connectivity index (χ1n) is 12.9. The lowest BCUT2D eigenvalue weighted by Crippen LogP contribution is -2.51. The molecule has 2 rings (SSSR count). The molecule has 4 atom stereocenters. The van der Waals surface area contributed by atoms with Crippen molar-refractivity contribution >= 4 is 24.1 Å². The van der Waals surface area contributed by atoms with E-state index in [0.717, 1.165) is 18.4 Å². The lowest BCUT2D eigenvalue weighted by Gasteiger charge is -2.34. The Hall–Kier alpha value is -3.34. The van der Waals surface area contributed by atoms with E-state index in [0.29, 0.717) is 13.0 Å². The van der Waals surface area contributed by atoms with E-state index in [1.165, 1.54) is 12.0 Å². The number of carbonyl (C=O) groups is 4. The van der Waals surface area contributed by atoms with Gasteiger partial charge in [0.05, 0.1) is 12.1 Å². The Labute approximate surface area is 224 Å². The second-order valence-electron chi connectivity index (χ2n) is 10.5. The summed E-state index contributed by atoms with van der Waals surface area (Å²) in [6.07, 6.45) is 0.385. The van der Waals surface area contributed by atoms with Gasteiger partial charge in [-0.05, 0) is 45.1 Å². The minimum Gasteiger partial charge on any atom is -0.480 e. The predicted molar refractivity (Wildman–Crippen MR) is 139 cm³/mol. The van der Waals surface area contributed by atoms with Gasteiger partial charge in [0, 0.05) is 20.1 Å². The molecular formula is C27H41N3O8. The van der Waals surface area contributed by atoms with Gasteiger partial charge in [0.15, 0.2) is 0 Å². The molecule has 11 heteroatoms. The number of nitrogens with one attached hydrogen (secondary N) is 2. The number of likely N-dealkylation sites (tertiary alicyclic amines) is 1. The number of hydrogen-bond donors (Lipinski definition) is 3. The highest BCUT2D eigenvalue weighted by molar-refractivity contribution is 5.82. The zero-order valence-electron chi connectivity index (χ0n) is 22.9. The highest BCUT2D eigenvalue weighted by Gasteiger charge is 2.49. The number of ether oxygens (including phenoxy) is 3. The molecule has 1 aromatic rings. The number of rotatable bonds is 12. The Morgan fingerprint density at radius 1 is 1.16 bits per heavy atom. The van der Waals surface area contributed by atoms with E-state index in [-0.39, 0.29) is 31.5 Å². The van der Waals surface area contributed by atoms with Crippen LogP contribution in [0.15, 0.2) is 30.3 Å². The highest BCUT2D eigenvalue weighted by atomic mass is 16.6. The smallest absolute Gasteiger partial charge is 0.411 e. The Morgan fingerprint density at radius 2 is 1.84 bits per heavy atom. The van der Waals surface area contributed by atoms with Gasteiger partial charge in [-0.15, -0.1) is 0 Å². The van der Waals surface area contributed by atoms with Crippen molar-refractivity contribution in [1.82, 2.24) is 15.5 Å². The van der Waals surface area contributed by atoms with Crippen molar-refractivity contribution in [2.24, 2.45) is 5.92 Å². The molecule has 1 heterocycles. The molecule has 1 aliphatic rings. The van der Waals surface area contributed by atoms with Crippen LogP contribution in [0, 0.1) is 5.92 Å². The van der Waals surface area contributed by atoms with Gasteiger partial charge in [-0.1, -0.05) is 43.7 Å². The topological polar surface area (TPSA) is 144 Å². The van der Waals surface area contributed by atoms with Gasteiger partial charge in [0.1, 0.15) is 24.9 Å². The summed E-state index contributed by atoms with van der Waals surface area (Å²) < 4.78 is 15.8. The number of alkyl carbamates (subject to hydrolysis) is 1. The number of benzene rings is 1. The van der Waals surface area contributed by atoms with Crippen molar-refractivity contribution < 1.29 is 38.5 Å². The number of carboxylic acid groups (broad SMARTS) is 1. The molecule has 0 bridgehead atoms. The van der Waals surface area contributed by atoms with Crippen LogP contribution < -0.4 is 10.6 Å². The third-order valence-electron chi connectivity index (χ3n) is 6.18. The average Bonchev–Trinajstić information content (AvgIpc) is 3.19. The van der Waals surface area contributed by atoms with Gasteiger partial charge in [0.2, 0.25) is 5.91 Å². The number of carboxylic acids is 1. The van der Waals surface area contributed by atoms with Crippen LogP contribution in [0.5, 0.6) is 0 Å². The minimum atomic E-state index is -1.19. The van der Waals surface area contributed by atoms with Crippen LogP contribution in [0.3, 0.4) is 0 Å². The summed E-state index contributed by atoms with van der Waals surface area (Å²) >= 11 is 0. The van der Waals surface area contributed by atoms with Crippen LogP contribution in [0.25, 0.3) is 0 Å². The monoisotopic (exact) mass is 535 g/mol. The lowest BCUT2D eigenvalue weighted by atomic mass is 9.91. The second kappa shape index (κ2) is 14.6. The van der Waals surface area contributed by atoms with Gasteiger partial charge >= 0.3 is 18.2 Å². The molecule has 0 spiro atoms. The SMILES string of the molecule is CCCC(CNC(=O)COC)CC1C(NC(=O)OCc2ccccc2)CC(C(=O)O)N1C(=O)OC(C)(C)C. The first-order valence-corrected chi connectivity index (χ1v) is 12.9. The molecular weight excluding hydrogens is 494 g/mol. The summed E-state index contributed by atoms with van der Waals surface area (Å²) in [5.41, 5.74) is -0.0406. The van der Waals surface area contributed by atoms with E-state index in [1.54, 1.807) is 20.8 Å². The quantitative estimate of drug-likeness (QED) is 0.370. The van der Waals surface area contributed by atoms with Crippen LogP contribution in [0.4, 0.5) is 9.59 Å². The van der Waals surface area contributed by atoms with Crippen molar-refractivity contribution in [3.8, 4) is 0 Å². The summed E-state index contributed by atoms with van der Waals surface area (Å²) in [7, 11) is 1.43. The Bertz CT molecular complexity index is 934. The Kier molecular flexibility index (Phi) is 11.8. The summed E-state index contributed by atoms with van der Waals surface area (Å²) in [6.45, 7) is 7.39. The summed E-state index contributed by atoms with van der Waals surface area (Å²) in [5, 5.41) is 15.6. The van der Waals surface area contributed by atoms with E-state index in [2.05, 4.69) is 10.6 Å². The molecule has 1 aliphatic heterocycles. The molecule has 1 aromatic carbocycles. The molecule has 3 N–H and O–H groups in total. The molecule has 4 unspecified atom stereocenters. The average molecular weight is 536 g/mol. The maximum Gasteiger partial charge on any atom is 0.411 e. The molecule has 38 heavy (non-hydrogen) atoms. The molecule has 3 amide bonds. The van der Waals surface area contributed by atoms with Crippen molar-refractivity contribution in [1.29, 1.82) is 0 Å². The molecule has 11 nitrogen and oxygen atoms in total. The zero-order valence-corrected chi connectivity index (χ0v) is 22.9. The van der Waals surface area contributed by atoms with E-state index in [1.807, 2.05) is 37.3 Å². The largest absolute Gasteiger partial charge is 0.480 e. The van der Waals surface area contributed by atoms with Gasteiger partial charge < -0.3 is 30.0 Å². The van der Waals surface area contributed by atoms with Crippen LogP contribution in [0.1, 0.15) is 58.9 Å². The first-order chi connectivity index (χ1) is 17.9. The van der Waals surface area contributed by atoms with Gasteiger partial charge in [-0.3, -0.25) is 9.69 Å². The number of methoxy groups -OCH3 is 1. The molecule has 212 valence electrons. The Balaban J connectivity index is 2.26. The van der Waals surface area contributed by atoms with E-state index in [4.69, 9.17) is 14.2 Å². The normalized spacial score (nSPS) is 19.9. The van der Waals surface area contributed by atoms with Crippen LogP contribution >= 0.6 is 0 Å². The number of aliphatic carboxylic acids is 1. The fourth-order valence-corrected chi connectivity index (χ4v) is 4.58. The maximum atomic E-state index is 13.2. The van der Waals surface area contributed by atoms with Gasteiger partial charge in [0.25, 0.3) is 0 Å². The number of amides is 3. The lowest BCUT2D eigenvalue weighted by molar-refractivity contribution is -0.142. The van der Waals surface area contributed by atoms with Gasteiger partial charge in [-0.25, -0.2) is 14.4 Å². The van der Waals surface area contributed by atoms with Crippen LogP contribution in [0.2, 0.25) is 0 Å². The summed E-state index contributed by atoms with van der Waals surface area (Å²) in [5.74, 6) is -1.55. The van der Waals surface area contributed by atoms with Crippen molar-refractivity contribution in [3.63, 3.8) is 0 Å². The van der Waals surface area contributed by atoms with E-state index < -0.39 is 41.9 Å². The van der Waals surface area contributed by atoms with Crippen LogP contribution in [-0.4, -0.2) is 78.1 Å². The third kappa shape index (κ3) is 9.85. The zero-order chi connectivity index (χ0) is 28.3. The molecule has 1 saturated heterocycles.